The van der Waals surface area contributed by atoms with Crippen molar-refractivity contribution < 1.29 is 9.53 Å². The Hall–Kier alpha value is -4.26. The van der Waals surface area contributed by atoms with Gasteiger partial charge >= 0.3 is 0 Å². The first-order valence-corrected chi connectivity index (χ1v) is 11.6. The van der Waals surface area contributed by atoms with Crippen molar-refractivity contribution in [1.82, 2.24) is 14.9 Å². The van der Waals surface area contributed by atoms with Crippen LogP contribution in [0.4, 0.5) is 11.5 Å². The second-order valence-electron chi connectivity index (χ2n) is 8.84. The molecule has 7 heteroatoms. The quantitative estimate of drug-likeness (QED) is 0.405. The molecular weight excluding hydrogens is 438 g/mol. The molecule has 2 heterocycles. The lowest BCUT2D eigenvalue weighted by Crippen LogP contribution is -2.36. The fourth-order valence-corrected chi connectivity index (χ4v) is 3.88. The third kappa shape index (κ3) is 4.84. The van der Waals surface area contributed by atoms with Crippen LogP contribution in [0.1, 0.15) is 25.0 Å². The van der Waals surface area contributed by atoms with Gasteiger partial charge in [0, 0.05) is 35.9 Å². The highest BCUT2D eigenvalue weighted by Gasteiger charge is 2.14. The summed E-state index contributed by atoms with van der Waals surface area (Å²) in [6.07, 6.45) is 1.90. The largest absolute Gasteiger partial charge is 0.484 e. The molecule has 176 valence electrons. The molecule has 35 heavy (non-hydrogen) atoms. The van der Waals surface area contributed by atoms with Gasteiger partial charge in [0.15, 0.2) is 12.4 Å². The third-order valence-electron chi connectivity index (χ3n) is 6.13. The summed E-state index contributed by atoms with van der Waals surface area (Å²) in [7, 11) is 1.78. The highest BCUT2D eigenvalue weighted by Crippen LogP contribution is 2.30. The van der Waals surface area contributed by atoms with Gasteiger partial charge in [0.05, 0.1) is 12.1 Å². The van der Waals surface area contributed by atoms with E-state index in [0.29, 0.717) is 11.6 Å². The molecule has 4 aromatic rings. The van der Waals surface area contributed by atoms with E-state index in [1.807, 2.05) is 74.7 Å². The minimum atomic E-state index is -0.0711. The van der Waals surface area contributed by atoms with Crippen LogP contribution in [0.15, 0.2) is 71.7 Å². The number of ether oxygens (including phenoxy) is 1. The Morgan fingerprint density at radius 1 is 1.06 bits per heavy atom. The van der Waals surface area contributed by atoms with E-state index in [1.165, 1.54) is 5.56 Å². The third-order valence-corrected chi connectivity index (χ3v) is 6.13. The van der Waals surface area contributed by atoms with E-state index >= 15 is 0 Å². The normalized spacial score (nSPS) is 12.1. The van der Waals surface area contributed by atoms with E-state index in [2.05, 4.69) is 22.4 Å². The lowest BCUT2D eigenvalue weighted by molar-refractivity contribution is -0.133. The molecule has 0 spiro atoms. The molecule has 0 unspecified atom stereocenters. The van der Waals surface area contributed by atoms with Crippen LogP contribution in [-0.2, 0) is 11.3 Å². The van der Waals surface area contributed by atoms with Crippen molar-refractivity contribution in [2.45, 2.75) is 26.4 Å². The van der Waals surface area contributed by atoms with Gasteiger partial charge in [-0.2, -0.15) is 0 Å². The minimum absolute atomic E-state index is 0.0227. The van der Waals surface area contributed by atoms with Crippen molar-refractivity contribution in [2.75, 3.05) is 19.0 Å². The Kier molecular flexibility index (Phi) is 6.14. The van der Waals surface area contributed by atoms with E-state index in [4.69, 9.17) is 14.7 Å². The maximum absolute atomic E-state index is 12.3. The zero-order valence-corrected chi connectivity index (χ0v) is 20.0. The first kappa shape index (κ1) is 22.5. The van der Waals surface area contributed by atoms with E-state index in [0.717, 1.165) is 40.1 Å². The van der Waals surface area contributed by atoms with Gasteiger partial charge in [0.2, 0.25) is 0 Å². The number of likely N-dealkylation sites (N-methyl/N-ethyl adjacent to an activating group) is 1. The topological polar surface area (TPSA) is 79.7 Å². The van der Waals surface area contributed by atoms with Crippen LogP contribution in [0.3, 0.4) is 0 Å². The predicted octanol–water partition coefficient (Wildman–Crippen LogP) is 5.22. The highest BCUT2D eigenvalue weighted by molar-refractivity contribution is 5.93. The average Bonchev–Trinajstić information content (AvgIpc) is 3.35. The van der Waals surface area contributed by atoms with Crippen molar-refractivity contribution >= 4 is 34.5 Å². The first-order valence-electron chi connectivity index (χ1n) is 11.6. The number of hydrogen-bond acceptors (Lipinski definition) is 6. The van der Waals surface area contributed by atoms with Crippen molar-refractivity contribution in [3.63, 3.8) is 0 Å². The molecule has 5 rings (SSSR count). The Labute approximate surface area is 204 Å². The molecule has 7 nitrogen and oxygen atoms in total. The second-order valence-corrected chi connectivity index (χ2v) is 8.84. The van der Waals surface area contributed by atoms with Gasteiger partial charge in [0.25, 0.3) is 5.91 Å². The summed E-state index contributed by atoms with van der Waals surface area (Å²) >= 11 is 0. The maximum atomic E-state index is 12.3. The molecule has 1 aromatic heterocycles. The van der Waals surface area contributed by atoms with Gasteiger partial charge in [-0.3, -0.25) is 9.79 Å². The van der Waals surface area contributed by atoms with Crippen LogP contribution >= 0.6 is 0 Å². The van der Waals surface area contributed by atoms with Gasteiger partial charge in [-0.05, 0) is 61.4 Å². The molecule has 0 radical (unpaired) electrons. The Balaban J connectivity index is 1.44. The number of fused-ring (bicyclic) bond motifs is 2. The van der Waals surface area contributed by atoms with Gasteiger partial charge in [-0.15, -0.1) is 0 Å². The van der Waals surface area contributed by atoms with Gasteiger partial charge in [0.1, 0.15) is 11.6 Å². The molecule has 0 saturated carbocycles. The van der Waals surface area contributed by atoms with Crippen LogP contribution in [0.5, 0.6) is 5.75 Å². The fourth-order valence-electron chi connectivity index (χ4n) is 3.88. The molecule has 1 aliphatic heterocycles. The lowest BCUT2D eigenvalue weighted by atomic mass is 10.1. The van der Waals surface area contributed by atoms with E-state index in [-0.39, 0.29) is 18.6 Å². The molecule has 0 atom stereocenters. The summed E-state index contributed by atoms with van der Waals surface area (Å²) < 4.78 is 5.78. The van der Waals surface area contributed by atoms with Crippen LogP contribution in [0.25, 0.3) is 22.3 Å². The SMILES string of the molecule is CC(C)N(C)C(=O)COc1cccc(-c2nc(Nc3ccc4c(c3)C=NC4)c3ccccc3n2)c1. The zero-order chi connectivity index (χ0) is 24.4. The summed E-state index contributed by atoms with van der Waals surface area (Å²) in [5.74, 6) is 1.82. The number of nitrogens with one attached hydrogen (secondary N) is 1. The standard InChI is InChI=1S/C28H27N5O2/c1-18(2)33(3)26(34)17-35-23-8-6-7-19(14-23)27-31-25-10-5-4-9-24(25)28(32-27)30-22-12-11-20-15-29-16-21(20)13-22/h4-14,16,18H,15,17H2,1-3H3,(H,30,31,32). The van der Waals surface area contributed by atoms with Crippen molar-refractivity contribution in [1.29, 1.82) is 0 Å². The highest BCUT2D eigenvalue weighted by atomic mass is 16.5. The van der Waals surface area contributed by atoms with E-state index < -0.39 is 0 Å². The average molecular weight is 466 g/mol. The first-order chi connectivity index (χ1) is 17.0. The number of aromatic nitrogens is 2. The molecule has 0 saturated heterocycles. The van der Waals surface area contributed by atoms with E-state index in [9.17, 15) is 4.79 Å². The van der Waals surface area contributed by atoms with Crippen LogP contribution < -0.4 is 10.1 Å². The Bertz CT molecular complexity index is 1430. The molecule has 0 bridgehead atoms. The van der Waals surface area contributed by atoms with Crippen LogP contribution in [-0.4, -0.2) is 46.7 Å². The molecule has 1 N–H and O–H groups in total. The van der Waals surface area contributed by atoms with Gasteiger partial charge in [-0.1, -0.05) is 30.3 Å². The predicted molar refractivity (Wildman–Crippen MR) is 139 cm³/mol. The van der Waals surface area contributed by atoms with E-state index in [1.54, 1.807) is 11.9 Å². The van der Waals surface area contributed by atoms with Gasteiger partial charge < -0.3 is 15.0 Å². The van der Waals surface area contributed by atoms with Crippen molar-refractivity contribution in [2.24, 2.45) is 4.99 Å². The number of nitrogens with zero attached hydrogens (tertiary/aromatic N) is 4. The number of amides is 1. The number of carbonyl (C=O) groups excluding carboxylic acids is 1. The zero-order valence-electron chi connectivity index (χ0n) is 20.0. The number of hydrogen-bond donors (Lipinski definition) is 1. The number of anilines is 2. The Morgan fingerprint density at radius 2 is 1.91 bits per heavy atom. The Morgan fingerprint density at radius 3 is 2.77 bits per heavy atom. The number of carbonyl (C=O) groups is 1. The van der Waals surface area contributed by atoms with Crippen molar-refractivity contribution in [3.8, 4) is 17.1 Å². The summed E-state index contributed by atoms with van der Waals surface area (Å²) in [4.78, 5) is 28.0. The van der Waals surface area contributed by atoms with Gasteiger partial charge in [-0.25, -0.2) is 9.97 Å². The lowest BCUT2D eigenvalue weighted by Gasteiger charge is -2.21. The minimum Gasteiger partial charge on any atom is -0.484 e. The molecule has 0 fully saturated rings. The number of benzene rings is 3. The molecule has 3 aromatic carbocycles. The van der Waals surface area contributed by atoms with Crippen LogP contribution in [0, 0.1) is 0 Å². The summed E-state index contributed by atoms with van der Waals surface area (Å²) in [6.45, 7) is 4.65. The summed E-state index contributed by atoms with van der Waals surface area (Å²) in [6, 6.07) is 21.8. The molecule has 1 amide bonds. The fraction of sp³-hybridized carbons (Fsp3) is 0.214. The molecular formula is C28H27N5O2. The smallest absolute Gasteiger partial charge is 0.260 e. The van der Waals surface area contributed by atoms with Crippen LogP contribution in [0.2, 0.25) is 0 Å². The monoisotopic (exact) mass is 465 g/mol. The maximum Gasteiger partial charge on any atom is 0.260 e. The number of rotatable bonds is 7. The molecule has 1 aliphatic rings. The summed E-state index contributed by atoms with van der Waals surface area (Å²) in [5.41, 5.74) is 4.93. The molecule has 0 aliphatic carbocycles. The summed E-state index contributed by atoms with van der Waals surface area (Å²) in [5, 5.41) is 4.40. The number of aliphatic imine (C=N–C) groups is 1. The van der Waals surface area contributed by atoms with Crippen molar-refractivity contribution in [3.05, 3.63) is 77.9 Å². The number of para-hydroxylation sites is 1. The second kappa shape index (κ2) is 9.54.